The van der Waals surface area contributed by atoms with Gasteiger partial charge in [-0.05, 0) is 62.2 Å². The normalized spacial score (nSPS) is 23.9. The van der Waals surface area contributed by atoms with Gasteiger partial charge < -0.3 is 29.2 Å². The van der Waals surface area contributed by atoms with Gasteiger partial charge in [-0.15, -0.1) is 0 Å². The summed E-state index contributed by atoms with van der Waals surface area (Å²) >= 11 is 0. The van der Waals surface area contributed by atoms with Crippen molar-refractivity contribution in [1.82, 2.24) is 25.0 Å². The number of carbonyl (C=O) groups is 2. The van der Waals surface area contributed by atoms with Crippen LogP contribution in [0.2, 0.25) is 0 Å². The zero-order valence-electron chi connectivity index (χ0n) is 30.1. The first-order valence-electron chi connectivity index (χ1n) is 17.6. The van der Waals surface area contributed by atoms with Gasteiger partial charge in [-0.2, -0.15) is 9.57 Å². The number of carbonyl (C=O) groups excluding carboxylic acids is 2. The average molecular weight is 746 g/mol. The van der Waals surface area contributed by atoms with Crippen LogP contribution in [0.5, 0.6) is 17.4 Å². The van der Waals surface area contributed by atoms with Gasteiger partial charge in [-0.1, -0.05) is 0 Å². The largest absolute Gasteiger partial charge is 0.497 e. The van der Waals surface area contributed by atoms with Crippen molar-refractivity contribution in [3.63, 3.8) is 0 Å². The molecule has 0 radical (unpaired) electrons. The molecule has 0 spiro atoms. The number of nitrogens with zero attached hydrogens (tertiary/aromatic N) is 6. The van der Waals surface area contributed by atoms with Crippen molar-refractivity contribution in [2.24, 2.45) is 0 Å². The minimum atomic E-state index is -4.70. The van der Waals surface area contributed by atoms with Crippen molar-refractivity contribution in [1.29, 1.82) is 5.26 Å². The molecule has 53 heavy (non-hydrogen) atoms. The summed E-state index contributed by atoms with van der Waals surface area (Å²) in [5.41, 5.74) is -1.87. The van der Waals surface area contributed by atoms with Crippen LogP contribution in [0, 0.1) is 11.3 Å². The molecule has 7 rings (SSSR count). The lowest BCUT2D eigenvalue weighted by atomic mass is 9.83. The molecule has 1 N–H and O–H groups in total. The summed E-state index contributed by atoms with van der Waals surface area (Å²) < 4.78 is 51.8. The van der Waals surface area contributed by atoms with Gasteiger partial charge in [0, 0.05) is 63.1 Å². The van der Waals surface area contributed by atoms with E-state index in [1.807, 2.05) is 0 Å². The van der Waals surface area contributed by atoms with Crippen molar-refractivity contribution in [3.8, 4) is 23.4 Å². The summed E-state index contributed by atoms with van der Waals surface area (Å²) in [6, 6.07) is 13.9. The number of methoxy groups -OCH3 is 3. The lowest BCUT2D eigenvalue weighted by Crippen LogP contribution is -2.62. The topological polar surface area (TPSA) is 167 Å². The highest BCUT2D eigenvalue weighted by Gasteiger charge is 2.59. The highest BCUT2D eigenvalue weighted by Crippen LogP contribution is 2.50. The molecule has 0 aliphatic carbocycles. The third-order valence-electron chi connectivity index (χ3n) is 11.0. The number of piperazine rings is 1. The Hall–Kier alpha value is -4.95. The first-order chi connectivity index (χ1) is 25.6. The fourth-order valence-electron chi connectivity index (χ4n) is 7.96. The van der Waals surface area contributed by atoms with Crippen LogP contribution in [0.15, 0.2) is 59.6 Å². The molecule has 2 aromatic carbocycles. The highest BCUT2D eigenvalue weighted by atomic mass is 32.2. The Bertz CT molecular complexity index is 2040. The summed E-state index contributed by atoms with van der Waals surface area (Å²) in [5, 5.41) is 12.9. The number of likely N-dealkylation sites (tertiary alicyclic amines) is 1. The van der Waals surface area contributed by atoms with E-state index < -0.39 is 27.5 Å². The van der Waals surface area contributed by atoms with Gasteiger partial charge in [-0.3, -0.25) is 14.6 Å². The molecule has 3 atom stereocenters. The van der Waals surface area contributed by atoms with Gasteiger partial charge in [0.1, 0.15) is 16.4 Å². The van der Waals surface area contributed by atoms with Gasteiger partial charge >= 0.3 is 6.03 Å². The Morgan fingerprint density at radius 1 is 0.962 bits per heavy atom. The number of hydrogen-bond acceptors (Lipinski definition) is 12. The van der Waals surface area contributed by atoms with Crippen molar-refractivity contribution in [2.45, 2.75) is 48.4 Å². The fraction of sp³-hybridized carbons (Fsp3) is 0.459. The number of fused-ring (bicyclic) bond motifs is 1. The Kier molecular flexibility index (Phi) is 9.94. The molecule has 1 aromatic heterocycles. The van der Waals surface area contributed by atoms with E-state index in [4.69, 9.17) is 18.9 Å². The van der Waals surface area contributed by atoms with Crippen LogP contribution in [-0.2, 0) is 25.1 Å². The summed E-state index contributed by atoms with van der Waals surface area (Å²) in [6.07, 6.45) is 3.81. The standard InChI is InChI=1S/C37H43N7O8S/c1-24-31(23-52-24)42-14-11-26(12-15-42)41-16-18-43(19-17-41)36(46)40-37(28-6-5-13-39-34(28)51-4)29-20-25(22-38)7-9-30(29)44(35(37)45)53(47,48)33-10-8-27(49-2)21-32(33)50-3/h5-10,13,20-21,24,26,31H,11-12,14-19,23H2,1-4H3,(H,40,46)/t24?,31?,37-/m1/s1. The van der Waals surface area contributed by atoms with E-state index in [0.29, 0.717) is 48.3 Å². The molecule has 0 bridgehead atoms. The number of amides is 3. The molecule has 15 nitrogen and oxygen atoms in total. The van der Waals surface area contributed by atoms with Gasteiger partial charge in [0.15, 0.2) is 5.54 Å². The molecule has 3 fully saturated rings. The number of aromatic nitrogens is 1. The van der Waals surface area contributed by atoms with Crippen LogP contribution in [0.3, 0.4) is 0 Å². The molecule has 5 heterocycles. The van der Waals surface area contributed by atoms with Gasteiger partial charge in [0.25, 0.3) is 15.9 Å². The van der Waals surface area contributed by atoms with Gasteiger partial charge in [0.2, 0.25) is 5.88 Å². The van der Waals surface area contributed by atoms with E-state index in [2.05, 4.69) is 33.1 Å². The Morgan fingerprint density at radius 3 is 2.34 bits per heavy atom. The molecule has 0 saturated carbocycles. The number of nitrogens with one attached hydrogen (secondary N) is 1. The van der Waals surface area contributed by atoms with E-state index in [9.17, 15) is 18.5 Å². The van der Waals surface area contributed by atoms with Crippen molar-refractivity contribution >= 4 is 27.6 Å². The zero-order valence-corrected chi connectivity index (χ0v) is 31.0. The highest BCUT2D eigenvalue weighted by molar-refractivity contribution is 7.93. The number of rotatable bonds is 9. The number of piperidine rings is 1. The summed E-state index contributed by atoms with van der Waals surface area (Å²) in [7, 11) is -0.586. The molecular weight excluding hydrogens is 703 g/mol. The first kappa shape index (κ1) is 36.4. The Labute approximate surface area is 309 Å². The molecular formula is C37H43N7O8S. The van der Waals surface area contributed by atoms with Gasteiger partial charge in [0.05, 0.1) is 63.0 Å². The summed E-state index contributed by atoms with van der Waals surface area (Å²) in [4.78, 5) is 40.1. The van der Waals surface area contributed by atoms with Crippen LogP contribution in [0.25, 0.3) is 0 Å². The second-order valence-corrected chi connectivity index (χ2v) is 15.3. The third-order valence-corrected chi connectivity index (χ3v) is 12.7. The smallest absolute Gasteiger partial charge is 0.318 e. The van der Waals surface area contributed by atoms with Crippen LogP contribution >= 0.6 is 0 Å². The monoisotopic (exact) mass is 745 g/mol. The van der Waals surface area contributed by atoms with Crippen molar-refractivity contribution in [3.05, 3.63) is 71.4 Å². The van der Waals surface area contributed by atoms with Gasteiger partial charge in [-0.25, -0.2) is 18.2 Å². The first-order valence-corrected chi connectivity index (χ1v) is 19.0. The van der Waals surface area contributed by atoms with E-state index in [-0.39, 0.29) is 45.0 Å². The van der Waals surface area contributed by atoms with E-state index in [0.717, 1.165) is 32.5 Å². The number of ether oxygens (including phenoxy) is 4. The minimum absolute atomic E-state index is 0.00486. The lowest BCUT2D eigenvalue weighted by Gasteiger charge is -2.48. The fourth-order valence-corrected chi connectivity index (χ4v) is 9.57. The minimum Gasteiger partial charge on any atom is -0.497 e. The SMILES string of the molecule is COc1ccc(S(=O)(=O)N2C(=O)[C@@](NC(=O)N3CCN(C4CCN(C5COC5C)CC4)CC3)(c3cccnc3OC)c3cc(C#N)ccc32)c(OC)c1. The third kappa shape index (κ3) is 6.21. The molecule has 280 valence electrons. The van der Waals surface area contributed by atoms with Crippen LogP contribution in [0.4, 0.5) is 10.5 Å². The average Bonchev–Trinajstić information content (AvgIpc) is 3.44. The second-order valence-electron chi connectivity index (χ2n) is 13.6. The van der Waals surface area contributed by atoms with Crippen LogP contribution < -0.4 is 23.8 Å². The maximum Gasteiger partial charge on any atom is 0.318 e. The molecule has 3 amide bonds. The number of anilines is 1. The van der Waals surface area contributed by atoms with Crippen LogP contribution in [-0.4, -0.2) is 125 Å². The number of benzene rings is 2. The maximum atomic E-state index is 15.2. The molecule has 4 aliphatic heterocycles. The number of sulfonamides is 1. The van der Waals surface area contributed by atoms with Crippen molar-refractivity contribution in [2.75, 3.05) is 71.5 Å². The second kappa shape index (κ2) is 14.5. The summed E-state index contributed by atoms with van der Waals surface area (Å²) in [5.74, 6) is -0.715. The Morgan fingerprint density at radius 2 is 1.72 bits per heavy atom. The predicted molar refractivity (Wildman–Crippen MR) is 192 cm³/mol. The lowest BCUT2D eigenvalue weighted by molar-refractivity contribution is -0.132. The molecule has 3 saturated heterocycles. The number of urea groups is 1. The predicted octanol–water partition coefficient (Wildman–Crippen LogP) is 2.54. The van der Waals surface area contributed by atoms with Crippen LogP contribution in [0.1, 0.15) is 36.5 Å². The Balaban J connectivity index is 1.22. The molecule has 2 unspecified atom stereocenters. The maximum absolute atomic E-state index is 15.2. The molecule has 16 heteroatoms. The van der Waals surface area contributed by atoms with E-state index >= 15 is 4.79 Å². The number of pyridine rings is 1. The zero-order chi connectivity index (χ0) is 37.5. The number of nitriles is 1. The van der Waals surface area contributed by atoms with Crippen molar-refractivity contribution < 1.29 is 37.0 Å². The van der Waals surface area contributed by atoms with E-state index in [1.54, 1.807) is 17.0 Å². The van der Waals surface area contributed by atoms with E-state index in [1.165, 1.54) is 63.9 Å². The number of hydrogen-bond donors (Lipinski definition) is 1. The quantitative estimate of drug-likeness (QED) is 0.341. The summed E-state index contributed by atoms with van der Waals surface area (Å²) in [6.45, 7) is 6.99. The molecule has 4 aliphatic rings. The molecule has 3 aromatic rings.